The van der Waals surface area contributed by atoms with E-state index in [1.54, 1.807) is 24.3 Å². The Kier molecular flexibility index (Phi) is 6.04. The van der Waals surface area contributed by atoms with Gasteiger partial charge in [-0.05, 0) is 11.6 Å². The minimum Gasteiger partial charge on any atom is -0.477 e. The highest BCUT2D eigenvalue weighted by Crippen LogP contribution is 2.46. The number of nitrogens with one attached hydrogen (secondary N) is 1. The van der Waals surface area contributed by atoms with Crippen molar-refractivity contribution in [1.82, 2.24) is 10.2 Å². The summed E-state index contributed by atoms with van der Waals surface area (Å²) < 4.78 is 10.3. The van der Waals surface area contributed by atoms with E-state index in [1.807, 2.05) is 0 Å². The van der Waals surface area contributed by atoms with Crippen molar-refractivity contribution in [3.05, 3.63) is 41.1 Å². The van der Waals surface area contributed by atoms with Crippen LogP contribution in [-0.4, -0.2) is 64.3 Å². The van der Waals surface area contributed by atoms with E-state index in [0.717, 1.165) is 4.90 Å². The highest BCUT2D eigenvalue weighted by Gasteiger charge is 2.66. The molecule has 1 saturated heterocycles. The summed E-state index contributed by atoms with van der Waals surface area (Å²) in [5.74, 6) is -2.91. The Morgan fingerprint density at radius 3 is 2.67 bits per heavy atom. The van der Waals surface area contributed by atoms with Crippen LogP contribution in [0.5, 0.6) is 0 Å². The van der Waals surface area contributed by atoms with Crippen LogP contribution < -0.4 is 11.1 Å². The smallest absolute Gasteiger partial charge is 0.352 e. The van der Waals surface area contributed by atoms with Gasteiger partial charge in [0, 0.05) is 31.0 Å². The SMILES string of the molecule is COC1(NC(=O)Cc2ccccc2N)C(=O)N2C(C(=O)O)=C(COC(C)=O)CS[C@H]21. The molecule has 3 rings (SSSR count). The van der Waals surface area contributed by atoms with Crippen LogP contribution in [0.2, 0.25) is 0 Å². The van der Waals surface area contributed by atoms with Gasteiger partial charge < -0.3 is 25.6 Å². The normalized spacial score (nSPS) is 22.8. The number of ether oxygens (including phenoxy) is 2. The number of carboxylic acid groups (broad SMARTS) is 1. The standard InChI is InChI=1S/C19H21N3O7S/c1-10(23)29-8-12-9-30-18-19(28-2,17(27)22(18)15(12)16(25)26)21-14(24)7-11-5-3-4-6-13(11)20/h3-6,18H,7-9,20H2,1-2H3,(H,21,24)(H,25,26)/t18-,19?/m0/s1. The summed E-state index contributed by atoms with van der Waals surface area (Å²) in [6.07, 6.45) is -0.0677. The molecule has 0 aliphatic carbocycles. The first kappa shape index (κ1) is 21.7. The number of anilines is 1. The van der Waals surface area contributed by atoms with Crippen molar-refractivity contribution in [2.75, 3.05) is 25.2 Å². The number of hydrogen-bond acceptors (Lipinski definition) is 8. The lowest BCUT2D eigenvalue weighted by Crippen LogP contribution is -2.80. The Bertz CT molecular complexity index is 948. The van der Waals surface area contributed by atoms with Crippen LogP contribution >= 0.6 is 11.8 Å². The molecule has 11 heteroatoms. The van der Waals surface area contributed by atoms with Gasteiger partial charge in [0.05, 0.1) is 6.42 Å². The lowest BCUT2D eigenvalue weighted by molar-refractivity contribution is -0.192. The maximum absolute atomic E-state index is 12.9. The van der Waals surface area contributed by atoms with Crippen LogP contribution in [0.25, 0.3) is 0 Å². The van der Waals surface area contributed by atoms with Gasteiger partial charge in [0.25, 0.3) is 11.6 Å². The molecule has 0 aromatic heterocycles. The average molecular weight is 435 g/mol. The number of carboxylic acids is 1. The summed E-state index contributed by atoms with van der Waals surface area (Å²) in [7, 11) is 1.27. The van der Waals surface area contributed by atoms with Crippen LogP contribution in [-0.2, 0) is 35.1 Å². The van der Waals surface area contributed by atoms with Crippen molar-refractivity contribution >= 4 is 41.2 Å². The number of benzene rings is 1. The van der Waals surface area contributed by atoms with E-state index in [2.05, 4.69) is 5.32 Å². The van der Waals surface area contributed by atoms with Crippen molar-refractivity contribution in [3.63, 3.8) is 0 Å². The minimum absolute atomic E-state index is 0.0677. The maximum atomic E-state index is 12.9. The van der Waals surface area contributed by atoms with E-state index in [9.17, 15) is 24.3 Å². The summed E-state index contributed by atoms with van der Waals surface area (Å²) in [5.41, 5.74) is 5.23. The van der Waals surface area contributed by atoms with E-state index >= 15 is 0 Å². The lowest BCUT2D eigenvalue weighted by atomic mass is 9.97. The van der Waals surface area contributed by atoms with E-state index in [0.29, 0.717) is 16.8 Å². The summed E-state index contributed by atoms with van der Waals surface area (Å²) >= 11 is 1.21. The van der Waals surface area contributed by atoms with E-state index in [4.69, 9.17) is 15.2 Å². The zero-order chi connectivity index (χ0) is 22.1. The first-order chi connectivity index (χ1) is 14.2. The topological polar surface area (TPSA) is 148 Å². The van der Waals surface area contributed by atoms with Crippen LogP contribution in [0.1, 0.15) is 12.5 Å². The molecule has 2 aliphatic heterocycles. The summed E-state index contributed by atoms with van der Waals surface area (Å²) in [6.45, 7) is 0.972. The fourth-order valence-corrected chi connectivity index (χ4v) is 4.78. The number of β-lactam (4-membered cyclic amide) rings is 1. The number of esters is 1. The molecule has 160 valence electrons. The van der Waals surface area contributed by atoms with Crippen molar-refractivity contribution in [1.29, 1.82) is 0 Å². The number of thioether (sulfide) groups is 1. The first-order valence-electron chi connectivity index (χ1n) is 8.94. The number of hydrogen-bond donors (Lipinski definition) is 3. The monoisotopic (exact) mass is 435 g/mol. The molecule has 0 bridgehead atoms. The van der Waals surface area contributed by atoms with E-state index < -0.39 is 34.9 Å². The molecule has 0 radical (unpaired) electrons. The Balaban J connectivity index is 1.81. The van der Waals surface area contributed by atoms with Crippen molar-refractivity contribution in [3.8, 4) is 0 Å². The molecular formula is C19H21N3O7S. The Labute approximate surface area is 176 Å². The summed E-state index contributed by atoms with van der Waals surface area (Å²) in [4.78, 5) is 49.5. The molecule has 1 aromatic rings. The molecule has 30 heavy (non-hydrogen) atoms. The maximum Gasteiger partial charge on any atom is 0.352 e. The number of carbonyl (C=O) groups excluding carboxylic acids is 3. The number of nitrogen functional groups attached to an aromatic ring is 1. The van der Waals surface area contributed by atoms with Gasteiger partial charge in [-0.15, -0.1) is 11.8 Å². The molecule has 2 aliphatic rings. The van der Waals surface area contributed by atoms with E-state index in [-0.39, 0.29) is 24.5 Å². The molecular weight excluding hydrogens is 414 g/mol. The highest BCUT2D eigenvalue weighted by atomic mass is 32.2. The third kappa shape index (κ3) is 3.73. The zero-order valence-electron chi connectivity index (χ0n) is 16.3. The van der Waals surface area contributed by atoms with Crippen molar-refractivity contribution < 1.29 is 33.8 Å². The van der Waals surface area contributed by atoms with Gasteiger partial charge in [-0.1, -0.05) is 18.2 Å². The zero-order valence-corrected chi connectivity index (χ0v) is 17.2. The Morgan fingerprint density at radius 1 is 1.37 bits per heavy atom. The number of methoxy groups -OCH3 is 1. The second kappa shape index (κ2) is 8.36. The molecule has 2 atom stereocenters. The number of rotatable bonds is 7. The third-order valence-corrected chi connectivity index (χ3v) is 6.19. The van der Waals surface area contributed by atoms with Crippen LogP contribution in [0.3, 0.4) is 0 Å². The molecule has 1 aromatic carbocycles. The molecule has 0 saturated carbocycles. The second-order valence-electron chi connectivity index (χ2n) is 6.74. The number of carbonyl (C=O) groups is 4. The predicted molar refractivity (Wildman–Crippen MR) is 107 cm³/mol. The molecule has 0 spiro atoms. The van der Waals surface area contributed by atoms with E-state index in [1.165, 1.54) is 25.8 Å². The van der Waals surface area contributed by atoms with Crippen LogP contribution in [0.4, 0.5) is 5.69 Å². The number of fused-ring (bicyclic) bond motifs is 1. The van der Waals surface area contributed by atoms with Crippen molar-refractivity contribution in [2.24, 2.45) is 0 Å². The fraction of sp³-hybridized carbons (Fsp3) is 0.368. The average Bonchev–Trinajstić information content (AvgIpc) is 2.70. The second-order valence-corrected chi connectivity index (χ2v) is 7.81. The van der Waals surface area contributed by atoms with Gasteiger partial charge in [0.1, 0.15) is 17.7 Å². The Morgan fingerprint density at radius 2 is 2.07 bits per heavy atom. The van der Waals surface area contributed by atoms with Gasteiger partial charge in [0.15, 0.2) is 0 Å². The van der Waals surface area contributed by atoms with Gasteiger partial charge in [-0.25, -0.2) is 4.79 Å². The quantitative estimate of drug-likeness (QED) is 0.234. The first-order valence-corrected chi connectivity index (χ1v) is 9.99. The van der Waals surface area contributed by atoms with Gasteiger partial charge in [-0.3, -0.25) is 19.3 Å². The number of aliphatic carboxylic acids is 1. The van der Waals surface area contributed by atoms with Crippen LogP contribution in [0, 0.1) is 0 Å². The molecule has 1 unspecified atom stereocenters. The van der Waals surface area contributed by atoms with Crippen LogP contribution in [0.15, 0.2) is 35.5 Å². The number of nitrogens with two attached hydrogens (primary N) is 1. The number of nitrogens with zero attached hydrogens (tertiary/aromatic N) is 1. The fourth-order valence-electron chi connectivity index (χ4n) is 3.36. The van der Waals surface area contributed by atoms with Gasteiger partial charge in [-0.2, -0.15) is 0 Å². The molecule has 2 amide bonds. The summed E-state index contributed by atoms with van der Waals surface area (Å²) in [6, 6.07) is 6.85. The number of amides is 2. The molecule has 10 nitrogen and oxygen atoms in total. The largest absolute Gasteiger partial charge is 0.477 e. The highest BCUT2D eigenvalue weighted by molar-refractivity contribution is 8.00. The summed E-state index contributed by atoms with van der Waals surface area (Å²) in [5, 5.41) is 11.4. The molecule has 1 fully saturated rings. The number of para-hydroxylation sites is 1. The van der Waals surface area contributed by atoms with Crippen molar-refractivity contribution in [2.45, 2.75) is 24.4 Å². The lowest BCUT2D eigenvalue weighted by Gasteiger charge is -2.55. The minimum atomic E-state index is -1.70. The molecule has 4 N–H and O–H groups in total. The third-order valence-electron chi connectivity index (χ3n) is 4.82. The Hall–Kier alpha value is -3.05. The van der Waals surface area contributed by atoms with Gasteiger partial charge >= 0.3 is 11.9 Å². The van der Waals surface area contributed by atoms with Gasteiger partial charge in [0.2, 0.25) is 5.91 Å². The molecule has 2 heterocycles. The predicted octanol–water partition coefficient (Wildman–Crippen LogP) is 0.0871.